The van der Waals surface area contributed by atoms with Crippen LogP contribution in [0, 0.1) is 5.82 Å². The average Bonchev–Trinajstić information content (AvgIpc) is 2.70. The van der Waals surface area contributed by atoms with E-state index in [0.29, 0.717) is 12.0 Å². The van der Waals surface area contributed by atoms with Crippen molar-refractivity contribution in [1.82, 2.24) is 10.6 Å². The number of nitrogens with one attached hydrogen (secondary N) is 2. The number of benzene rings is 1. The lowest BCUT2D eigenvalue weighted by Crippen LogP contribution is -2.51. The van der Waals surface area contributed by atoms with E-state index in [1.54, 1.807) is 19.9 Å². The predicted octanol–water partition coefficient (Wildman–Crippen LogP) is 2.30. The minimum absolute atomic E-state index is 0.0929. The summed E-state index contributed by atoms with van der Waals surface area (Å²) in [5.74, 6) is -1.79. The van der Waals surface area contributed by atoms with Crippen molar-refractivity contribution in [3.63, 3.8) is 0 Å². The van der Waals surface area contributed by atoms with Crippen molar-refractivity contribution < 1.29 is 33.0 Å². The number of methoxy groups -OCH3 is 1. The summed E-state index contributed by atoms with van der Waals surface area (Å²) in [6.45, 7) is 3.32. The van der Waals surface area contributed by atoms with Gasteiger partial charge >= 0.3 is 18.0 Å². The number of rotatable bonds is 8. The highest BCUT2D eigenvalue weighted by molar-refractivity contribution is 5.95. The van der Waals surface area contributed by atoms with E-state index in [2.05, 4.69) is 10.6 Å². The first kappa shape index (κ1) is 21.9. The van der Waals surface area contributed by atoms with Gasteiger partial charge in [-0.05, 0) is 37.1 Å². The van der Waals surface area contributed by atoms with Crippen molar-refractivity contribution in [2.45, 2.75) is 26.3 Å². The van der Waals surface area contributed by atoms with Crippen molar-refractivity contribution >= 4 is 24.0 Å². The molecule has 9 heteroatoms. The zero-order valence-electron chi connectivity index (χ0n) is 16.4. The molecule has 0 saturated heterocycles. The first-order valence-electron chi connectivity index (χ1n) is 9.05. The lowest BCUT2D eigenvalue weighted by molar-refractivity contribution is -0.140. The van der Waals surface area contributed by atoms with Crippen LogP contribution in [0.15, 0.2) is 35.5 Å². The third kappa shape index (κ3) is 5.81. The van der Waals surface area contributed by atoms with Gasteiger partial charge in [-0.15, -0.1) is 0 Å². The summed E-state index contributed by atoms with van der Waals surface area (Å²) in [4.78, 5) is 36.1. The summed E-state index contributed by atoms with van der Waals surface area (Å²) in [7, 11) is 1.35. The Morgan fingerprint density at radius 2 is 2.00 bits per heavy atom. The lowest BCUT2D eigenvalue weighted by Gasteiger charge is -2.28. The second-order valence-electron chi connectivity index (χ2n) is 6.01. The second-order valence-corrected chi connectivity index (χ2v) is 6.01. The second kappa shape index (κ2) is 10.3. The molecule has 8 nitrogen and oxygen atoms in total. The fourth-order valence-corrected chi connectivity index (χ4v) is 2.72. The summed E-state index contributed by atoms with van der Waals surface area (Å²) < 4.78 is 28.7. The molecule has 2 N–H and O–H groups in total. The molecule has 0 saturated carbocycles. The number of halogens is 1. The van der Waals surface area contributed by atoms with Crippen LogP contribution in [0.3, 0.4) is 0 Å². The highest BCUT2D eigenvalue weighted by atomic mass is 19.1. The highest BCUT2D eigenvalue weighted by Crippen LogP contribution is 2.19. The molecule has 0 aliphatic carbocycles. The molecule has 1 aromatic carbocycles. The van der Waals surface area contributed by atoms with E-state index in [4.69, 9.17) is 14.2 Å². The average molecular weight is 406 g/mol. The molecule has 1 aliphatic heterocycles. The first-order valence-corrected chi connectivity index (χ1v) is 9.05. The van der Waals surface area contributed by atoms with Gasteiger partial charge in [0, 0.05) is 6.08 Å². The van der Waals surface area contributed by atoms with Crippen LogP contribution in [0.5, 0.6) is 5.75 Å². The van der Waals surface area contributed by atoms with Gasteiger partial charge < -0.3 is 24.8 Å². The van der Waals surface area contributed by atoms with E-state index in [1.165, 1.54) is 25.3 Å². The van der Waals surface area contributed by atoms with E-state index in [-0.39, 0.29) is 30.2 Å². The minimum Gasteiger partial charge on any atom is -0.494 e. The van der Waals surface area contributed by atoms with Gasteiger partial charge in [0.05, 0.1) is 31.0 Å². The zero-order valence-corrected chi connectivity index (χ0v) is 16.4. The molecule has 1 heterocycles. The third-order valence-electron chi connectivity index (χ3n) is 4.09. The van der Waals surface area contributed by atoms with Crippen molar-refractivity contribution in [3.8, 4) is 5.75 Å². The van der Waals surface area contributed by atoms with Crippen molar-refractivity contribution in [2.24, 2.45) is 0 Å². The number of hydrogen-bond acceptors (Lipinski definition) is 6. The fraction of sp³-hybridized carbons (Fsp3) is 0.350. The normalized spacial score (nSPS) is 16.3. The number of amides is 2. The summed E-state index contributed by atoms with van der Waals surface area (Å²) in [6.07, 6.45) is 2.95. The van der Waals surface area contributed by atoms with Crippen LogP contribution in [0.1, 0.15) is 25.8 Å². The van der Waals surface area contributed by atoms with Crippen LogP contribution in [0.4, 0.5) is 9.18 Å². The molecule has 0 fully saturated rings. The number of hydrogen-bond donors (Lipinski definition) is 2. The monoisotopic (exact) mass is 406 g/mol. The Labute approximate surface area is 167 Å². The maximum Gasteiger partial charge on any atom is 0.338 e. The Balaban J connectivity index is 2.10. The molecular weight excluding hydrogens is 383 g/mol. The van der Waals surface area contributed by atoms with Crippen LogP contribution < -0.4 is 15.4 Å². The van der Waals surface area contributed by atoms with E-state index in [0.717, 1.165) is 6.08 Å². The van der Waals surface area contributed by atoms with Gasteiger partial charge in [0.15, 0.2) is 11.6 Å². The van der Waals surface area contributed by atoms with E-state index < -0.39 is 29.8 Å². The number of esters is 2. The van der Waals surface area contributed by atoms with E-state index in [1.807, 2.05) is 0 Å². The fourth-order valence-electron chi connectivity index (χ4n) is 2.72. The maximum absolute atomic E-state index is 13.7. The Morgan fingerprint density at radius 1 is 1.24 bits per heavy atom. The standard InChI is InChI=1S/C20H23FN2O6/c1-4-14-18(19(25)28-5-2)15(23-20(26)22-14)11-29-17(24)9-7-12-6-8-16(27-3)13(21)10-12/h6-10,14H,4-5,11H2,1-3H3,(H2,22,23,26)/b9-7+/t14-/m0/s1. The lowest BCUT2D eigenvalue weighted by atomic mass is 10.0. The molecule has 156 valence electrons. The topological polar surface area (TPSA) is 103 Å². The largest absolute Gasteiger partial charge is 0.494 e. The van der Waals surface area contributed by atoms with Gasteiger partial charge in [-0.2, -0.15) is 0 Å². The number of ether oxygens (including phenoxy) is 3. The minimum atomic E-state index is -0.724. The van der Waals surface area contributed by atoms with Crippen LogP contribution in [-0.4, -0.2) is 44.3 Å². The highest BCUT2D eigenvalue weighted by Gasteiger charge is 2.31. The summed E-state index contributed by atoms with van der Waals surface area (Å²) in [5, 5.41) is 5.11. The predicted molar refractivity (Wildman–Crippen MR) is 102 cm³/mol. The molecule has 2 rings (SSSR count). The first-order chi connectivity index (χ1) is 13.9. The number of urea groups is 1. The smallest absolute Gasteiger partial charge is 0.338 e. The molecule has 1 aromatic rings. The maximum atomic E-state index is 13.7. The SMILES string of the molecule is CCOC(=O)C1=C(COC(=O)/C=C/c2ccc(OC)c(F)c2)NC(=O)N[C@H]1CC. The van der Waals surface area contributed by atoms with Crippen molar-refractivity contribution in [1.29, 1.82) is 0 Å². The van der Waals surface area contributed by atoms with Crippen molar-refractivity contribution in [2.75, 3.05) is 20.3 Å². The van der Waals surface area contributed by atoms with Gasteiger partial charge in [0.2, 0.25) is 0 Å². The Morgan fingerprint density at radius 3 is 2.62 bits per heavy atom. The Bertz CT molecular complexity index is 849. The molecule has 2 amide bonds. The van der Waals surface area contributed by atoms with Gasteiger partial charge in [-0.25, -0.2) is 18.8 Å². The van der Waals surface area contributed by atoms with Gasteiger partial charge in [0.1, 0.15) is 6.61 Å². The van der Waals surface area contributed by atoms with Crippen LogP contribution in [-0.2, 0) is 19.1 Å². The van der Waals surface area contributed by atoms with Crippen LogP contribution >= 0.6 is 0 Å². The van der Waals surface area contributed by atoms with E-state index >= 15 is 0 Å². The van der Waals surface area contributed by atoms with Gasteiger partial charge in [-0.1, -0.05) is 13.0 Å². The molecule has 0 aromatic heterocycles. The van der Waals surface area contributed by atoms with Crippen LogP contribution in [0.2, 0.25) is 0 Å². The van der Waals surface area contributed by atoms with E-state index in [9.17, 15) is 18.8 Å². The molecule has 0 spiro atoms. The molecule has 1 atom stereocenters. The van der Waals surface area contributed by atoms with Gasteiger partial charge in [-0.3, -0.25) is 0 Å². The summed E-state index contributed by atoms with van der Waals surface area (Å²) >= 11 is 0. The quantitative estimate of drug-likeness (QED) is 0.507. The van der Waals surface area contributed by atoms with Gasteiger partial charge in [0.25, 0.3) is 0 Å². The third-order valence-corrected chi connectivity index (χ3v) is 4.09. The molecule has 0 bridgehead atoms. The Hall–Kier alpha value is -3.36. The summed E-state index contributed by atoms with van der Waals surface area (Å²) in [5.41, 5.74) is 0.812. The molecular formula is C20H23FN2O6. The Kier molecular flexibility index (Phi) is 7.76. The van der Waals surface area contributed by atoms with Crippen LogP contribution in [0.25, 0.3) is 6.08 Å². The molecule has 1 aliphatic rings. The summed E-state index contributed by atoms with van der Waals surface area (Å²) in [6, 6.07) is 3.18. The molecule has 0 radical (unpaired) electrons. The van der Waals surface area contributed by atoms with Crippen molar-refractivity contribution in [3.05, 3.63) is 46.9 Å². The number of carbonyl (C=O) groups is 3. The molecule has 0 unspecified atom stereocenters. The zero-order chi connectivity index (χ0) is 21.4. The number of carbonyl (C=O) groups excluding carboxylic acids is 3. The molecule has 29 heavy (non-hydrogen) atoms.